The second kappa shape index (κ2) is 8.21. The van der Waals surface area contributed by atoms with Crippen LogP contribution in [0, 0.1) is 0 Å². The van der Waals surface area contributed by atoms with E-state index in [2.05, 4.69) is 0 Å². The Kier molecular flexibility index (Phi) is 10.2. The topological polar surface area (TPSA) is 20.3 Å². The molecule has 0 aromatic carbocycles. The zero-order valence-electron chi connectivity index (χ0n) is 8.55. The van der Waals surface area contributed by atoms with E-state index in [-0.39, 0.29) is 0 Å². The summed E-state index contributed by atoms with van der Waals surface area (Å²) in [4.78, 5) is 2.05. The second-order valence-corrected chi connectivity index (χ2v) is 4.37. The first kappa shape index (κ1) is 13.7. The summed E-state index contributed by atoms with van der Waals surface area (Å²) in [5.41, 5.74) is 0. The van der Waals surface area contributed by atoms with Crippen molar-refractivity contribution in [2.45, 2.75) is 26.0 Å². The smallest absolute Gasteiger partial charge is 0.0443 e. The maximum absolute atomic E-state index is 10.8. The van der Waals surface area contributed by atoms with Gasteiger partial charge in [0, 0.05) is 28.9 Å². The molecule has 0 rings (SSSR count). The molecule has 0 heterocycles. The first-order chi connectivity index (χ1) is 5.04. The van der Waals surface area contributed by atoms with Crippen LogP contribution in [0.2, 0.25) is 0 Å². The molecule has 70 valence electrons. The molecule has 2 unspecified atom stereocenters. The Labute approximate surface area is 73.4 Å². The van der Waals surface area contributed by atoms with Gasteiger partial charge in [-0.2, -0.15) is 0 Å². The molecule has 0 aliphatic heterocycles. The van der Waals surface area contributed by atoms with Gasteiger partial charge in [0.25, 0.3) is 0 Å². The summed E-state index contributed by atoms with van der Waals surface area (Å²) in [6.45, 7) is 6.90. The van der Waals surface area contributed by atoms with E-state index < -0.39 is 10.8 Å². The number of hydrogen-bond donors (Lipinski definition) is 0. The Bertz CT molecular complexity index is 104. The number of rotatable bonds is 3. The Morgan fingerprint density at radius 3 is 1.82 bits per heavy atom. The van der Waals surface area contributed by atoms with Gasteiger partial charge in [-0.25, -0.2) is 0 Å². The Morgan fingerprint density at radius 1 is 1.36 bits per heavy atom. The van der Waals surface area contributed by atoms with Crippen molar-refractivity contribution in [1.29, 1.82) is 0 Å². The van der Waals surface area contributed by atoms with Crippen molar-refractivity contribution in [3.05, 3.63) is 0 Å². The maximum Gasteiger partial charge on any atom is 0.0443 e. The molecule has 0 aromatic rings. The molecule has 0 aliphatic rings. The van der Waals surface area contributed by atoms with E-state index in [1.165, 1.54) is 0 Å². The molecular formula is C8H21NOS. The van der Waals surface area contributed by atoms with Crippen LogP contribution in [-0.4, -0.2) is 41.3 Å². The number of nitrogens with zero attached hydrogens (tertiary/aromatic N) is 1. The third-order valence-electron chi connectivity index (χ3n) is 1.19. The fourth-order valence-corrected chi connectivity index (χ4v) is 1.13. The quantitative estimate of drug-likeness (QED) is 0.651. The van der Waals surface area contributed by atoms with E-state index in [1.807, 2.05) is 39.8 Å². The van der Waals surface area contributed by atoms with Crippen LogP contribution in [-0.2, 0) is 10.8 Å². The van der Waals surface area contributed by atoms with E-state index >= 15 is 0 Å². The van der Waals surface area contributed by atoms with Crippen molar-refractivity contribution in [3.8, 4) is 0 Å². The highest BCUT2D eigenvalue weighted by atomic mass is 32.2. The molecule has 0 spiro atoms. The van der Waals surface area contributed by atoms with Crippen LogP contribution in [0.5, 0.6) is 0 Å². The van der Waals surface area contributed by atoms with Gasteiger partial charge in [0.2, 0.25) is 0 Å². The van der Waals surface area contributed by atoms with Crippen molar-refractivity contribution in [2.24, 2.45) is 0 Å². The zero-order chi connectivity index (χ0) is 9.44. The van der Waals surface area contributed by atoms with Gasteiger partial charge in [0.15, 0.2) is 0 Å². The number of hydrogen-bond acceptors (Lipinski definition) is 2. The molecule has 0 aliphatic carbocycles. The van der Waals surface area contributed by atoms with Gasteiger partial charge in [0.05, 0.1) is 0 Å². The third kappa shape index (κ3) is 10.1. The predicted molar refractivity (Wildman–Crippen MR) is 53.4 cm³/mol. The summed E-state index contributed by atoms with van der Waals surface area (Å²) in [5, 5.41) is 0.292. The third-order valence-corrected chi connectivity index (χ3v) is 2.47. The standard InChI is InChI=1S/C6H15NOS.C2H6/c1-6(9(4)8)5-7(2)3;1-2/h6H,5H2,1-4H3;1-2H3. The van der Waals surface area contributed by atoms with Crippen LogP contribution >= 0.6 is 0 Å². The van der Waals surface area contributed by atoms with Gasteiger partial charge >= 0.3 is 0 Å². The Balaban J connectivity index is 0. The average molecular weight is 179 g/mol. The predicted octanol–water partition coefficient (Wildman–Crippen LogP) is 1.34. The largest absolute Gasteiger partial charge is 0.308 e. The van der Waals surface area contributed by atoms with Crippen LogP contribution < -0.4 is 0 Å². The molecule has 11 heavy (non-hydrogen) atoms. The van der Waals surface area contributed by atoms with E-state index in [0.29, 0.717) is 5.25 Å². The minimum absolute atomic E-state index is 0.292. The lowest BCUT2D eigenvalue weighted by Crippen LogP contribution is -2.26. The van der Waals surface area contributed by atoms with Crippen molar-refractivity contribution >= 4 is 10.8 Å². The molecule has 3 heteroatoms. The fourth-order valence-electron chi connectivity index (χ4n) is 0.619. The second-order valence-electron chi connectivity index (χ2n) is 2.57. The molecule has 0 N–H and O–H groups in total. The first-order valence-corrected chi connectivity index (χ1v) is 5.63. The molecule has 0 amide bonds. The lowest BCUT2D eigenvalue weighted by atomic mass is 10.4. The van der Waals surface area contributed by atoms with Crippen LogP contribution in [0.4, 0.5) is 0 Å². The van der Waals surface area contributed by atoms with Gasteiger partial charge in [-0.1, -0.05) is 13.8 Å². The maximum atomic E-state index is 10.8. The molecule has 2 atom stereocenters. The first-order valence-electron chi connectivity index (χ1n) is 4.01. The van der Waals surface area contributed by atoms with E-state index in [9.17, 15) is 4.21 Å². The van der Waals surface area contributed by atoms with Gasteiger partial charge in [-0.3, -0.25) is 4.21 Å². The van der Waals surface area contributed by atoms with Crippen molar-refractivity contribution in [1.82, 2.24) is 4.90 Å². The van der Waals surface area contributed by atoms with E-state index in [0.717, 1.165) is 6.54 Å². The van der Waals surface area contributed by atoms with E-state index in [1.54, 1.807) is 6.26 Å². The van der Waals surface area contributed by atoms with Gasteiger partial charge in [-0.05, 0) is 21.0 Å². The van der Waals surface area contributed by atoms with Crippen LogP contribution in [0.15, 0.2) is 0 Å². The van der Waals surface area contributed by atoms with Gasteiger partial charge in [0.1, 0.15) is 0 Å². The highest BCUT2D eigenvalue weighted by Crippen LogP contribution is 1.92. The Morgan fingerprint density at radius 2 is 1.73 bits per heavy atom. The van der Waals surface area contributed by atoms with Crippen molar-refractivity contribution in [3.63, 3.8) is 0 Å². The summed E-state index contributed by atoms with van der Waals surface area (Å²) in [7, 11) is 3.31. The minimum atomic E-state index is -0.673. The van der Waals surface area contributed by atoms with Crippen molar-refractivity contribution < 1.29 is 4.21 Å². The average Bonchev–Trinajstić information content (AvgIpc) is 1.90. The Hall–Kier alpha value is 0.110. The van der Waals surface area contributed by atoms with Gasteiger partial charge in [-0.15, -0.1) is 0 Å². The molecule has 2 nitrogen and oxygen atoms in total. The van der Waals surface area contributed by atoms with Crippen LogP contribution in [0.25, 0.3) is 0 Å². The molecule has 0 saturated heterocycles. The molecule has 0 aromatic heterocycles. The van der Waals surface area contributed by atoms with Crippen LogP contribution in [0.1, 0.15) is 20.8 Å². The van der Waals surface area contributed by atoms with Gasteiger partial charge < -0.3 is 4.90 Å². The lowest BCUT2D eigenvalue weighted by molar-refractivity contribution is 0.411. The summed E-state index contributed by atoms with van der Waals surface area (Å²) < 4.78 is 10.8. The monoisotopic (exact) mass is 179 g/mol. The zero-order valence-corrected chi connectivity index (χ0v) is 9.36. The fraction of sp³-hybridized carbons (Fsp3) is 1.00. The van der Waals surface area contributed by atoms with Crippen molar-refractivity contribution in [2.75, 3.05) is 26.9 Å². The minimum Gasteiger partial charge on any atom is -0.308 e. The SMILES string of the molecule is CC.CC(CN(C)C)S(C)=O. The highest BCUT2D eigenvalue weighted by Gasteiger charge is 2.05. The summed E-state index contributed by atoms with van der Waals surface area (Å²) in [6, 6.07) is 0. The molecule has 0 saturated carbocycles. The highest BCUT2D eigenvalue weighted by molar-refractivity contribution is 7.84. The summed E-state index contributed by atoms with van der Waals surface area (Å²) >= 11 is 0. The lowest BCUT2D eigenvalue weighted by Gasteiger charge is -2.13. The molecule has 0 radical (unpaired) electrons. The van der Waals surface area contributed by atoms with E-state index in [4.69, 9.17) is 0 Å². The summed E-state index contributed by atoms with van der Waals surface area (Å²) in [6.07, 6.45) is 1.74. The molecule has 0 fully saturated rings. The normalized spacial score (nSPS) is 15.2. The summed E-state index contributed by atoms with van der Waals surface area (Å²) in [5.74, 6) is 0. The molecular weight excluding hydrogens is 158 g/mol. The molecule has 0 bridgehead atoms. The van der Waals surface area contributed by atoms with Crippen LogP contribution in [0.3, 0.4) is 0 Å².